The van der Waals surface area contributed by atoms with Gasteiger partial charge in [-0.05, 0) is 60.7 Å². The normalized spacial score (nSPS) is 10.6. The Balaban J connectivity index is 1.92. The van der Waals surface area contributed by atoms with E-state index in [1.807, 2.05) is 50.2 Å². The Kier molecular flexibility index (Phi) is 5.21. The van der Waals surface area contributed by atoms with E-state index in [4.69, 9.17) is 4.74 Å². The van der Waals surface area contributed by atoms with Crippen molar-refractivity contribution in [1.82, 2.24) is 0 Å². The summed E-state index contributed by atoms with van der Waals surface area (Å²) in [6.07, 6.45) is 0. The highest BCUT2D eigenvalue weighted by atomic mass is 16.5. The van der Waals surface area contributed by atoms with Crippen LogP contribution in [0.5, 0.6) is 5.75 Å². The molecular formula is C19H23NO2. The number of rotatable bonds is 5. The molecule has 0 unspecified atom stereocenters. The van der Waals surface area contributed by atoms with Crippen molar-refractivity contribution in [2.75, 3.05) is 11.9 Å². The predicted octanol–water partition coefficient (Wildman–Crippen LogP) is 4.44. The molecule has 0 fully saturated rings. The van der Waals surface area contributed by atoms with Crippen molar-refractivity contribution in [3.8, 4) is 5.75 Å². The molecule has 0 aromatic heterocycles. The monoisotopic (exact) mass is 297 g/mol. The van der Waals surface area contributed by atoms with Gasteiger partial charge in [-0.3, -0.25) is 4.79 Å². The van der Waals surface area contributed by atoms with E-state index >= 15 is 0 Å². The van der Waals surface area contributed by atoms with E-state index in [1.165, 1.54) is 11.1 Å². The molecule has 1 N–H and O–H groups in total. The van der Waals surface area contributed by atoms with Crippen LogP contribution >= 0.6 is 0 Å². The number of carbonyl (C=O) groups excluding carboxylic acids is 1. The lowest BCUT2D eigenvalue weighted by molar-refractivity contribution is -0.118. The van der Waals surface area contributed by atoms with Crippen LogP contribution in [-0.2, 0) is 4.79 Å². The number of hydrogen-bond donors (Lipinski definition) is 1. The number of aryl methyl sites for hydroxylation is 2. The van der Waals surface area contributed by atoms with Gasteiger partial charge in [-0.25, -0.2) is 0 Å². The largest absolute Gasteiger partial charge is 0.484 e. The molecule has 3 nitrogen and oxygen atoms in total. The lowest BCUT2D eigenvalue weighted by Crippen LogP contribution is -2.20. The summed E-state index contributed by atoms with van der Waals surface area (Å²) in [4.78, 5) is 12.0. The fraction of sp³-hybridized carbons (Fsp3) is 0.316. The van der Waals surface area contributed by atoms with Crippen LogP contribution in [0.15, 0.2) is 42.5 Å². The zero-order chi connectivity index (χ0) is 16.1. The van der Waals surface area contributed by atoms with Crippen LogP contribution < -0.4 is 10.1 Å². The highest BCUT2D eigenvalue weighted by Gasteiger charge is 2.06. The Morgan fingerprint density at radius 3 is 2.55 bits per heavy atom. The van der Waals surface area contributed by atoms with E-state index in [1.54, 1.807) is 0 Å². The molecule has 0 aliphatic rings. The van der Waals surface area contributed by atoms with Crippen LogP contribution in [-0.4, -0.2) is 12.5 Å². The number of hydrogen-bond acceptors (Lipinski definition) is 2. The first-order valence-electron chi connectivity index (χ1n) is 7.55. The zero-order valence-electron chi connectivity index (χ0n) is 13.6. The average Bonchev–Trinajstić information content (AvgIpc) is 2.49. The molecule has 0 saturated carbocycles. The van der Waals surface area contributed by atoms with Crippen molar-refractivity contribution < 1.29 is 9.53 Å². The van der Waals surface area contributed by atoms with E-state index in [0.29, 0.717) is 5.92 Å². The lowest BCUT2D eigenvalue weighted by atomic mass is 10.0. The third kappa shape index (κ3) is 4.35. The maximum absolute atomic E-state index is 12.0. The van der Waals surface area contributed by atoms with Crippen molar-refractivity contribution in [3.05, 3.63) is 59.2 Å². The molecule has 0 heterocycles. The molecule has 22 heavy (non-hydrogen) atoms. The van der Waals surface area contributed by atoms with Crippen LogP contribution in [0.2, 0.25) is 0 Å². The topological polar surface area (TPSA) is 38.3 Å². The average molecular weight is 297 g/mol. The molecule has 0 aliphatic heterocycles. The van der Waals surface area contributed by atoms with Crippen molar-refractivity contribution in [1.29, 1.82) is 0 Å². The summed E-state index contributed by atoms with van der Waals surface area (Å²) in [6, 6.07) is 13.7. The van der Waals surface area contributed by atoms with Gasteiger partial charge in [0, 0.05) is 5.69 Å². The van der Waals surface area contributed by atoms with Gasteiger partial charge in [0.15, 0.2) is 6.61 Å². The van der Waals surface area contributed by atoms with Crippen LogP contribution in [0.3, 0.4) is 0 Å². The van der Waals surface area contributed by atoms with Gasteiger partial charge in [0.25, 0.3) is 5.91 Å². The summed E-state index contributed by atoms with van der Waals surface area (Å²) in [7, 11) is 0. The number of benzene rings is 2. The van der Waals surface area contributed by atoms with Crippen LogP contribution in [0.25, 0.3) is 0 Å². The number of anilines is 1. The van der Waals surface area contributed by atoms with E-state index < -0.39 is 0 Å². The van der Waals surface area contributed by atoms with Crippen LogP contribution in [0, 0.1) is 13.8 Å². The third-order valence-electron chi connectivity index (χ3n) is 3.69. The Hall–Kier alpha value is -2.29. The van der Waals surface area contributed by atoms with Gasteiger partial charge < -0.3 is 10.1 Å². The maximum Gasteiger partial charge on any atom is 0.262 e. The SMILES string of the molecule is Cc1ccc(NC(=O)COc2cccc(C(C)C)c2)cc1C. The standard InChI is InChI=1S/C19H23NO2/c1-13(2)16-6-5-7-18(11-16)22-12-19(21)20-17-9-8-14(3)15(4)10-17/h5-11,13H,12H2,1-4H3,(H,20,21). The third-order valence-corrected chi connectivity index (χ3v) is 3.69. The Morgan fingerprint density at radius 2 is 1.86 bits per heavy atom. The molecular weight excluding hydrogens is 274 g/mol. The Morgan fingerprint density at radius 1 is 1.09 bits per heavy atom. The van der Waals surface area contributed by atoms with Gasteiger partial charge in [-0.1, -0.05) is 32.0 Å². The first-order chi connectivity index (χ1) is 10.5. The smallest absolute Gasteiger partial charge is 0.262 e. The molecule has 0 spiro atoms. The predicted molar refractivity (Wildman–Crippen MR) is 90.6 cm³/mol. The molecule has 1 amide bonds. The molecule has 0 aliphatic carbocycles. The van der Waals surface area contributed by atoms with Crippen LogP contribution in [0.4, 0.5) is 5.69 Å². The molecule has 0 saturated heterocycles. The molecule has 116 valence electrons. The van der Waals surface area contributed by atoms with Gasteiger partial charge >= 0.3 is 0 Å². The molecule has 3 heteroatoms. The first-order valence-corrected chi connectivity index (χ1v) is 7.55. The second kappa shape index (κ2) is 7.12. The Bertz CT molecular complexity index is 662. The summed E-state index contributed by atoms with van der Waals surface area (Å²) >= 11 is 0. The minimum Gasteiger partial charge on any atom is -0.484 e. The second-order valence-corrected chi connectivity index (χ2v) is 5.86. The summed E-state index contributed by atoms with van der Waals surface area (Å²) in [5.74, 6) is 1.01. The van der Waals surface area contributed by atoms with E-state index in [2.05, 4.69) is 25.2 Å². The van der Waals surface area contributed by atoms with Gasteiger partial charge in [-0.15, -0.1) is 0 Å². The molecule has 0 bridgehead atoms. The number of carbonyl (C=O) groups is 1. The second-order valence-electron chi connectivity index (χ2n) is 5.86. The summed E-state index contributed by atoms with van der Waals surface area (Å²) < 4.78 is 5.57. The van der Waals surface area contributed by atoms with E-state index in [0.717, 1.165) is 17.0 Å². The number of ether oxygens (including phenoxy) is 1. The van der Waals surface area contributed by atoms with Crippen molar-refractivity contribution in [2.45, 2.75) is 33.6 Å². The van der Waals surface area contributed by atoms with Gasteiger partial charge in [0.1, 0.15) is 5.75 Å². The summed E-state index contributed by atoms with van der Waals surface area (Å²) in [5, 5.41) is 2.85. The van der Waals surface area contributed by atoms with E-state index in [9.17, 15) is 4.79 Å². The van der Waals surface area contributed by atoms with Gasteiger partial charge in [-0.2, -0.15) is 0 Å². The lowest BCUT2D eigenvalue weighted by Gasteiger charge is -2.11. The summed E-state index contributed by atoms with van der Waals surface area (Å²) in [5.41, 5.74) is 4.36. The van der Waals surface area contributed by atoms with Crippen molar-refractivity contribution in [3.63, 3.8) is 0 Å². The summed E-state index contributed by atoms with van der Waals surface area (Å²) in [6.45, 7) is 8.34. The molecule has 2 aromatic carbocycles. The molecule has 2 aromatic rings. The minimum atomic E-state index is -0.154. The minimum absolute atomic E-state index is 0.00841. The quantitative estimate of drug-likeness (QED) is 0.885. The van der Waals surface area contributed by atoms with E-state index in [-0.39, 0.29) is 12.5 Å². The molecule has 2 rings (SSSR count). The highest BCUT2D eigenvalue weighted by molar-refractivity contribution is 5.92. The zero-order valence-corrected chi connectivity index (χ0v) is 13.6. The van der Waals surface area contributed by atoms with Gasteiger partial charge in [0.2, 0.25) is 0 Å². The first kappa shape index (κ1) is 16.1. The maximum atomic E-state index is 12.0. The molecule has 0 atom stereocenters. The Labute approximate surface area is 132 Å². The highest BCUT2D eigenvalue weighted by Crippen LogP contribution is 2.20. The fourth-order valence-corrected chi connectivity index (χ4v) is 2.13. The molecule has 0 radical (unpaired) electrons. The number of nitrogens with one attached hydrogen (secondary N) is 1. The fourth-order valence-electron chi connectivity index (χ4n) is 2.13. The van der Waals surface area contributed by atoms with Gasteiger partial charge in [0.05, 0.1) is 0 Å². The van der Waals surface area contributed by atoms with Crippen molar-refractivity contribution >= 4 is 11.6 Å². The van der Waals surface area contributed by atoms with Crippen LogP contribution in [0.1, 0.15) is 36.5 Å². The van der Waals surface area contributed by atoms with Crippen molar-refractivity contribution in [2.24, 2.45) is 0 Å². The number of amides is 1.